The Morgan fingerprint density at radius 3 is 2.56 bits per heavy atom. The summed E-state index contributed by atoms with van der Waals surface area (Å²) in [7, 11) is 0. The molecule has 0 unspecified atom stereocenters. The van der Waals surface area contributed by atoms with Gasteiger partial charge < -0.3 is 9.47 Å². The van der Waals surface area contributed by atoms with Crippen molar-refractivity contribution in [2.45, 2.75) is 6.92 Å². The second-order valence-corrected chi connectivity index (χ2v) is 6.77. The molecule has 3 aromatic rings. The number of fused-ring (bicyclic) bond motifs is 1. The minimum atomic E-state index is -0.452. The highest BCUT2D eigenvalue weighted by atomic mass is 32.1. The highest BCUT2D eigenvalue weighted by molar-refractivity contribution is 7.17. The SMILES string of the molecule is Cc1nc(-c2ccccc2)sc1C(=O)NNC(=O)c1ccc2c(c1)OCO2. The molecule has 7 nitrogen and oxygen atoms in total. The van der Waals surface area contributed by atoms with Crippen LogP contribution in [0.15, 0.2) is 48.5 Å². The van der Waals surface area contributed by atoms with E-state index in [0.717, 1.165) is 10.6 Å². The smallest absolute Gasteiger partial charge is 0.281 e. The van der Waals surface area contributed by atoms with Gasteiger partial charge in [0, 0.05) is 11.1 Å². The Hall–Kier alpha value is -3.39. The summed E-state index contributed by atoms with van der Waals surface area (Å²) < 4.78 is 10.5. The number of amides is 2. The van der Waals surface area contributed by atoms with Gasteiger partial charge >= 0.3 is 0 Å². The summed E-state index contributed by atoms with van der Waals surface area (Å²) in [5.41, 5.74) is 6.74. The number of nitrogens with zero attached hydrogens (tertiary/aromatic N) is 1. The van der Waals surface area contributed by atoms with Crippen LogP contribution in [0.4, 0.5) is 0 Å². The zero-order valence-corrected chi connectivity index (χ0v) is 15.1. The number of aromatic nitrogens is 1. The summed E-state index contributed by atoms with van der Waals surface area (Å²) in [5.74, 6) is 0.220. The molecule has 8 heteroatoms. The number of hydrogen-bond acceptors (Lipinski definition) is 6. The molecule has 0 bridgehead atoms. The second-order valence-electron chi connectivity index (χ2n) is 5.78. The third-order valence-corrected chi connectivity index (χ3v) is 5.15. The van der Waals surface area contributed by atoms with Gasteiger partial charge in [0.1, 0.15) is 9.88 Å². The summed E-state index contributed by atoms with van der Waals surface area (Å²) in [5, 5.41) is 0.750. The summed E-state index contributed by atoms with van der Waals surface area (Å²) in [6, 6.07) is 14.4. The van der Waals surface area contributed by atoms with Crippen molar-refractivity contribution in [3.05, 3.63) is 64.7 Å². The molecule has 0 saturated heterocycles. The Bertz CT molecular complexity index is 1020. The van der Waals surface area contributed by atoms with E-state index in [1.807, 2.05) is 30.3 Å². The fourth-order valence-electron chi connectivity index (χ4n) is 2.59. The Morgan fingerprint density at radius 1 is 1.00 bits per heavy atom. The van der Waals surface area contributed by atoms with Crippen LogP contribution in [0.25, 0.3) is 10.6 Å². The monoisotopic (exact) mass is 381 g/mol. The minimum Gasteiger partial charge on any atom is -0.454 e. The molecule has 1 aromatic heterocycles. The molecule has 2 N–H and O–H groups in total. The molecule has 0 saturated carbocycles. The van der Waals surface area contributed by atoms with Crippen molar-refractivity contribution in [2.24, 2.45) is 0 Å². The van der Waals surface area contributed by atoms with Gasteiger partial charge in [-0.05, 0) is 25.1 Å². The predicted molar refractivity (Wildman–Crippen MR) is 99.8 cm³/mol. The lowest BCUT2D eigenvalue weighted by Gasteiger charge is -2.07. The van der Waals surface area contributed by atoms with E-state index in [2.05, 4.69) is 15.8 Å². The molecule has 2 amide bonds. The molecular formula is C19H15N3O4S. The van der Waals surface area contributed by atoms with Crippen molar-refractivity contribution < 1.29 is 19.1 Å². The fourth-order valence-corrected chi connectivity index (χ4v) is 3.56. The van der Waals surface area contributed by atoms with Gasteiger partial charge in [-0.3, -0.25) is 20.4 Å². The summed E-state index contributed by atoms with van der Waals surface area (Å²) in [6.45, 7) is 1.89. The lowest BCUT2D eigenvalue weighted by molar-refractivity contribution is 0.0848. The van der Waals surface area contributed by atoms with Crippen LogP contribution in [0.2, 0.25) is 0 Å². The predicted octanol–water partition coefficient (Wildman–Crippen LogP) is 2.92. The number of benzene rings is 2. The summed E-state index contributed by atoms with van der Waals surface area (Å²) >= 11 is 1.27. The lowest BCUT2D eigenvalue weighted by Crippen LogP contribution is -2.41. The van der Waals surface area contributed by atoms with Gasteiger partial charge in [-0.1, -0.05) is 30.3 Å². The molecule has 0 aliphatic carbocycles. The molecule has 2 aromatic carbocycles. The van der Waals surface area contributed by atoms with Crippen molar-refractivity contribution in [3.63, 3.8) is 0 Å². The number of nitrogens with one attached hydrogen (secondary N) is 2. The Balaban J connectivity index is 1.44. The molecule has 2 heterocycles. The van der Waals surface area contributed by atoms with Crippen LogP contribution in [-0.4, -0.2) is 23.6 Å². The van der Waals surface area contributed by atoms with Crippen molar-refractivity contribution in [3.8, 4) is 22.1 Å². The zero-order valence-electron chi connectivity index (χ0n) is 14.3. The average molecular weight is 381 g/mol. The molecule has 1 aliphatic rings. The molecule has 136 valence electrons. The Morgan fingerprint density at radius 2 is 1.74 bits per heavy atom. The van der Waals surface area contributed by atoms with Crippen LogP contribution in [0, 0.1) is 6.92 Å². The molecule has 0 atom stereocenters. The molecule has 4 rings (SSSR count). The van der Waals surface area contributed by atoms with E-state index in [1.54, 1.807) is 25.1 Å². The first-order valence-corrected chi connectivity index (χ1v) is 8.96. The van der Waals surface area contributed by atoms with Gasteiger partial charge in [0.15, 0.2) is 11.5 Å². The van der Waals surface area contributed by atoms with Crippen LogP contribution >= 0.6 is 11.3 Å². The average Bonchev–Trinajstić information content (AvgIpc) is 3.32. The number of thiazole rings is 1. The number of ether oxygens (including phenoxy) is 2. The van der Waals surface area contributed by atoms with Crippen molar-refractivity contribution in [2.75, 3.05) is 6.79 Å². The van der Waals surface area contributed by atoms with E-state index >= 15 is 0 Å². The van der Waals surface area contributed by atoms with Crippen molar-refractivity contribution in [1.82, 2.24) is 15.8 Å². The largest absolute Gasteiger partial charge is 0.454 e. The van der Waals surface area contributed by atoms with Gasteiger partial charge in [-0.15, -0.1) is 11.3 Å². The highest BCUT2D eigenvalue weighted by Crippen LogP contribution is 2.32. The maximum Gasteiger partial charge on any atom is 0.281 e. The first kappa shape index (κ1) is 17.0. The van der Waals surface area contributed by atoms with E-state index < -0.39 is 11.8 Å². The molecule has 0 spiro atoms. The number of carbonyl (C=O) groups excluding carboxylic acids is 2. The lowest BCUT2D eigenvalue weighted by atomic mass is 10.2. The van der Waals surface area contributed by atoms with E-state index in [-0.39, 0.29) is 6.79 Å². The first-order valence-electron chi connectivity index (χ1n) is 8.15. The third-order valence-electron chi connectivity index (χ3n) is 3.95. The van der Waals surface area contributed by atoms with Crippen molar-refractivity contribution >= 4 is 23.2 Å². The Labute approximate surface area is 158 Å². The van der Waals surface area contributed by atoms with Gasteiger partial charge in [-0.25, -0.2) is 4.98 Å². The van der Waals surface area contributed by atoms with Crippen LogP contribution in [-0.2, 0) is 0 Å². The quantitative estimate of drug-likeness (QED) is 0.681. The standard InChI is InChI=1S/C19H15N3O4S/c1-11-16(27-19(20-11)12-5-3-2-4-6-12)18(24)22-21-17(23)13-7-8-14-15(9-13)26-10-25-14/h2-9H,10H2,1H3,(H,21,23)(H,22,24). The van der Waals surface area contributed by atoms with E-state index in [1.165, 1.54) is 11.3 Å². The van der Waals surface area contributed by atoms with Crippen molar-refractivity contribution in [1.29, 1.82) is 0 Å². The molecule has 0 radical (unpaired) electrons. The summed E-state index contributed by atoms with van der Waals surface area (Å²) in [6.07, 6.45) is 0. The van der Waals surface area contributed by atoms with E-state index in [0.29, 0.717) is 27.6 Å². The van der Waals surface area contributed by atoms with Gasteiger partial charge in [-0.2, -0.15) is 0 Å². The van der Waals surface area contributed by atoms with Crippen LogP contribution in [0.1, 0.15) is 25.7 Å². The first-order chi connectivity index (χ1) is 13.1. The van der Waals surface area contributed by atoms with E-state index in [9.17, 15) is 9.59 Å². The normalized spacial score (nSPS) is 11.9. The minimum absolute atomic E-state index is 0.130. The van der Waals surface area contributed by atoms with Gasteiger partial charge in [0.25, 0.3) is 11.8 Å². The van der Waals surface area contributed by atoms with Gasteiger partial charge in [0.05, 0.1) is 5.69 Å². The topological polar surface area (TPSA) is 89.6 Å². The number of hydrazine groups is 1. The highest BCUT2D eigenvalue weighted by Gasteiger charge is 2.19. The number of aryl methyl sites for hydroxylation is 1. The zero-order chi connectivity index (χ0) is 18.8. The summed E-state index contributed by atoms with van der Waals surface area (Å²) in [4.78, 5) is 29.6. The number of carbonyl (C=O) groups is 2. The molecule has 0 fully saturated rings. The maximum absolute atomic E-state index is 12.4. The van der Waals surface area contributed by atoms with Crippen LogP contribution in [0.3, 0.4) is 0 Å². The Kier molecular flexibility index (Phi) is 4.47. The molecule has 27 heavy (non-hydrogen) atoms. The molecule has 1 aliphatic heterocycles. The maximum atomic E-state index is 12.4. The van der Waals surface area contributed by atoms with Crippen LogP contribution in [0.5, 0.6) is 11.5 Å². The van der Waals surface area contributed by atoms with Gasteiger partial charge in [0.2, 0.25) is 6.79 Å². The second kappa shape index (κ2) is 7.08. The number of hydrogen-bond donors (Lipinski definition) is 2. The third kappa shape index (κ3) is 3.47. The number of rotatable bonds is 3. The molecular weight excluding hydrogens is 366 g/mol. The van der Waals surface area contributed by atoms with Crippen LogP contribution < -0.4 is 20.3 Å². The fraction of sp³-hybridized carbons (Fsp3) is 0.105. The van der Waals surface area contributed by atoms with E-state index in [4.69, 9.17) is 9.47 Å².